The van der Waals surface area contributed by atoms with E-state index >= 15 is 0 Å². The molecule has 0 aromatic heterocycles. The smallest absolute Gasteiger partial charge is 0.775 e. The maximum Gasteiger partial charge on any atom is 1.00 e. The summed E-state index contributed by atoms with van der Waals surface area (Å²) in [6, 6.07) is 1.31. The molecule has 0 bridgehead atoms. The fourth-order valence-corrected chi connectivity index (χ4v) is 1.48. The van der Waals surface area contributed by atoms with Gasteiger partial charge in [-0.25, -0.2) is 0 Å². The monoisotopic (exact) mass is 213 g/mol. The minimum Gasteiger partial charge on any atom is -0.775 e. The second-order valence-corrected chi connectivity index (χ2v) is 3.86. The second kappa shape index (κ2) is 7.06. The molecular formula is C6H9LiNO5P. The van der Waals surface area contributed by atoms with Gasteiger partial charge in [0.2, 0.25) is 5.85 Å². The van der Waals surface area contributed by atoms with Crippen LogP contribution in [0.3, 0.4) is 0 Å². The van der Waals surface area contributed by atoms with Gasteiger partial charge in [0.1, 0.15) is 6.07 Å². The molecule has 2 unspecified atom stereocenters. The van der Waals surface area contributed by atoms with Crippen LogP contribution in [0.2, 0.25) is 0 Å². The van der Waals surface area contributed by atoms with Crippen LogP contribution in [0.25, 0.3) is 0 Å². The van der Waals surface area contributed by atoms with Gasteiger partial charge in [-0.1, -0.05) is 0 Å². The van der Waals surface area contributed by atoms with Gasteiger partial charge in [-0.15, -0.1) is 0 Å². The topological polar surface area (TPSA) is 99.5 Å². The van der Waals surface area contributed by atoms with E-state index in [1.54, 1.807) is 0 Å². The van der Waals surface area contributed by atoms with Gasteiger partial charge in [0.05, 0.1) is 6.61 Å². The van der Waals surface area contributed by atoms with E-state index in [2.05, 4.69) is 9.26 Å². The number of nitriles is 1. The Balaban J connectivity index is 0. The molecule has 0 aliphatic carbocycles. The maximum atomic E-state index is 11.0. The summed E-state index contributed by atoms with van der Waals surface area (Å²) in [5.41, 5.74) is 0. The van der Waals surface area contributed by atoms with Gasteiger partial charge in [0.25, 0.3) is 0 Å². The zero-order valence-corrected chi connectivity index (χ0v) is 9.11. The van der Waals surface area contributed by atoms with Gasteiger partial charge in [0, 0.05) is 6.92 Å². The summed E-state index contributed by atoms with van der Waals surface area (Å²) >= 11 is 0. The summed E-state index contributed by atoms with van der Waals surface area (Å²) in [6.07, 6.45) is 0. The van der Waals surface area contributed by atoms with E-state index in [1.165, 1.54) is 13.0 Å². The predicted octanol–water partition coefficient (Wildman–Crippen LogP) is -3.01. The molecule has 0 aromatic rings. The van der Waals surface area contributed by atoms with Crippen LogP contribution in [0.1, 0.15) is 13.8 Å². The number of carbonyl (C=O) groups excluding carboxylic acids is 1. The maximum absolute atomic E-state index is 11.0. The summed E-state index contributed by atoms with van der Waals surface area (Å²) in [6.45, 7) is 2.36. The van der Waals surface area contributed by atoms with Gasteiger partial charge in [-0.3, -0.25) is 4.79 Å². The van der Waals surface area contributed by atoms with Crippen LogP contribution in [0.5, 0.6) is 0 Å². The molecule has 0 heterocycles. The number of carbonyl (C=O) groups is 1. The van der Waals surface area contributed by atoms with Crippen LogP contribution < -0.4 is 23.8 Å². The van der Waals surface area contributed by atoms with Crippen molar-refractivity contribution in [3.8, 4) is 6.07 Å². The van der Waals surface area contributed by atoms with Gasteiger partial charge >= 0.3 is 24.8 Å². The third-order valence-electron chi connectivity index (χ3n) is 0.984. The van der Waals surface area contributed by atoms with E-state index in [1.807, 2.05) is 0 Å². The summed E-state index contributed by atoms with van der Waals surface area (Å²) in [5.74, 6) is -2.70. The molecule has 0 amide bonds. The van der Waals surface area contributed by atoms with Crippen molar-refractivity contribution in [2.24, 2.45) is 0 Å². The first kappa shape index (κ1) is 16.1. The molecule has 6 nitrogen and oxygen atoms in total. The van der Waals surface area contributed by atoms with Crippen molar-refractivity contribution >= 4 is 13.6 Å². The molecule has 0 N–H and O–H groups in total. The molecule has 0 spiro atoms. The fraction of sp³-hybridized carbons (Fsp3) is 0.667. The number of hydrogen-bond acceptors (Lipinski definition) is 6. The van der Waals surface area contributed by atoms with Gasteiger partial charge in [-0.05, 0) is 6.92 Å². The van der Waals surface area contributed by atoms with Crippen molar-refractivity contribution in [1.82, 2.24) is 0 Å². The molecule has 0 saturated carbocycles. The van der Waals surface area contributed by atoms with Crippen LogP contribution in [-0.2, 0) is 18.6 Å². The predicted molar refractivity (Wildman–Crippen MR) is 40.4 cm³/mol. The summed E-state index contributed by atoms with van der Waals surface area (Å²) in [4.78, 5) is 21.4. The average Bonchev–Trinajstić information content (AvgIpc) is 1.99. The van der Waals surface area contributed by atoms with Crippen LogP contribution in [-0.4, -0.2) is 18.4 Å². The average molecular weight is 213 g/mol. The SMILES string of the molecule is CCOP(=O)([O-])C(C#N)OC(C)=O.[Li+]. The number of rotatable bonds is 4. The van der Waals surface area contributed by atoms with Gasteiger partial charge in [-0.2, -0.15) is 5.26 Å². The van der Waals surface area contributed by atoms with E-state index in [-0.39, 0.29) is 25.5 Å². The first-order chi connectivity index (χ1) is 5.94. The molecule has 14 heavy (non-hydrogen) atoms. The molecule has 0 aliphatic heterocycles. The third-order valence-corrected chi connectivity index (χ3v) is 2.40. The first-order valence-corrected chi connectivity index (χ1v) is 5.07. The van der Waals surface area contributed by atoms with Crippen molar-refractivity contribution in [2.45, 2.75) is 19.7 Å². The summed E-state index contributed by atoms with van der Waals surface area (Å²) in [5, 5.41) is 8.36. The summed E-state index contributed by atoms with van der Waals surface area (Å²) in [7, 11) is -4.41. The largest absolute Gasteiger partial charge is 1.00 e. The first-order valence-electron chi connectivity index (χ1n) is 3.46. The Morgan fingerprint density at radius 3 is 2.50 bits per heavy atom. The Bertz CT molecular complexity index is 276. The van der Waals surface area contributed by atoms with Crippen molar-refractivity contribution in [3.05, 3.63) is 0 Å². The quantitative estimate of drug-likeness (QED) is 0.280. The van der Waals surface area contributed by atoms with Crippen LogP contribution >= 0.6 is 7.60 Å². The molecule has 0 aliphatic rings. The van der Waals surface area contributed by atoms with E-state index in [0.717, 1.165) is 6.92 Å². The zero-order valence-electron chi connectivity index (χ0n) is 8.22. The Kier molecular flexibility index (Phi) is 8.14. The fourth-order valence-electron chi connectivity index (χ4n) is 0.566. The van der Waals surface area contributed by atoms with Gasteiger partial charge in [0.15, 0.2) is 7.60 Å². The number of nitrogens with zero attached hydrogens (tertiary/aromatic N) is 1. The van der Waals surface area contributed by atoms with E-state index in [0.29, 0.717) is 0 Å². The molecule has 74 valence electrons. The molecular weight excluding hydrogens is 204 g/mol. The van der Waals surface area contributed by atoms with Crippen LogP contribution in [0.15, 0.2) is 0 Å². The van der Waals surface area contributed by atoms with Gasteiger partial charge < -0.3 is 18.7 Å². The zero-order chi connectivity index (χ0) is 10.5. The summed E-state index contributed by atoms with van der Waals surface area (Å²) < 4.78 is 19.5. The van der Waals surface area contributed by atoms with Crippen molar-refractivity contribution in [2.75, 3.05) is 6.61 Å². The Hall–Kier alpha value is -0.293. The van der Waals surface area contributed by atoms with Crippen molar-refractivity contribution < 1.29 is 42.4 Å². The Morgan fingerprint density at radius 1 is 1.71 bits per heavy atom. The molecule has 8 heteroatoms. The molecule has 0 saturated heterocycles. The Labute approximate surface area is 93.9 Å². The number of hydrogen-bond donors (Lipinski definition) is 0. The molecule has 2 atom stereocenters. The normalized spacial score (nSPS) is 15.6. The molecule has 0 radical (unpaired) electrons. The van der Waals surface area contributed by atoms with E-state index in [4.69, 9.17) is 5.26 Å². The Morgan fingerprint density at radius 2 is 2.21 bits per heavy atom. The van der Waals surface area contributed by atoms with Crippen molar-refractivity contribution in [3.63, 3.8) is 0 Å². The van der Waals surface area contributed by atoms with Crippen LogP contribution in [0.4, 0.5) is 0 Å². The molecule has 0 aromatic carbocycles. The standard InChI is InChI=1S/C6H10NO5P.Li/c1-3-11-13(9,10)6(4-7)12-5(2)8;/h6H,3H2,1-2H3,(H,9,10);/q;+1/p-1. The van der Waals surface area contributed by atoms with E-state index < -0.39 is 19.4 Å². The second-order valence-electron chi connectivity index (χ2n) is 2.05. The number of ether oxygens (including phenoxy) is 1. The molecule has 0 fully saturated rings. The van der Waals surface area contributed by atoms with E-state index in [9.17, 15) is 14.3 Å². The minimum absolute atomic E-state index is 0. The van der Waals surface area contributed by atoms with Crippen LogP contribution in [0, 0.1) is 11.3 Å². The molecule has 0 rings (SSSR count). The minimum atomic E-state index is -4.41. The third kappa shape index (κ3) is 5.44. The number of esters is 1. The van der Waals surface area contributed by atoms with Crippen molar-refractivity contribution in [1.29, 1.82) is 5.26 Å².